The van der Waals surface area contributed by atoms with E-state index in [0.717, 1.165) is 29.1 Å². The first-order chi connectivity index (χ1) is 17.6. The Balaban J connectivity index is 2.14. The van der Waals surface area contributed by atoms with E-state index in [-0.39, 0.29) is 13.0 Å². The second-order valence-electron chi connectivity index (χ2n) is 9.13. The van der Waals surface area contributed by atoms with Gasteiger partial charge in [-0.05, 0) is 73.7 Å². The molecule has 1 aromatic heterocycles. The SMILES string of the molecule is CCc1c(-c2ccc(OC(C)=O)cc2)n(CCCC(C)(P(=O)(O)O)P(=O)(O)O)c2cc(OC(C)=O)ccc12. The summed E-state index contributed by atoms with van der Waals surface area (Å²) in [6.07, 6.45) is 0.188. The zero-order chi connectivity index (χ0) is 28.5. The maximum atomic E-state index is 12.1. The van der Waals surface area contributed by atoms with Crippen molar-refractivity contribution in [1.82, 2.24) is 4.57 Å². The molecule has 1 heterocycles. The number of benzene rings is 2. The smallest absolute Gasteiger partial charge is 0.343 e. The lowest BCUT2D eigenvalue weighted by atomic mass is 10.0. The van der Waals surface area contributed by atoms with Crippen molar-refractivity contribution in [1.29, 1.82) is 0 Å². The molecule has 0 aliphatic carbocycles. The Bertz CT molecular complexity index is 1430. The van der Waals surface area contributed by atoms with Gasteiger partial charge < -0.3 is 33.6 Å². The fraction of sp³-hybridized carbons (Fsp3) is 0.360. The molecule has 0 saturated carbocycles. The molecule has 0 spiro atoms. The van der Waals surface area contributed by atoms with Crippen molar-refractivity contribution in [2.75, 3.05) is 0 Å². The first kappa shape index (κ1) is 29.8. The molecule has 0 saturated heterocycles. The molecule has 0 aliphatic heterocycles. The Kier molecular flexibility index (Phi) is 8.73. The number of aromatic nitrogens is 1. The van der Waals surface area contributed by atoms with Gasteiger partial charge in [-0.2, -0.15) is 0 Å². The molecule has 3 aromatic rings. The van der Waals surface area contributed by atoms with Crippen LogP contribution in [0.1, 0.15) is 46.1 Å². The molecule has 0 amide bonds. The molecular weight excluding hydrogens is 536 g/mol. The van der Waals surface area contributed by atoms with E-state index >= 15 is 0 Å². The Morgan fingerprint density at radius 1 is 0.895 bits per heavy atom. The fourth-order valence-electron chi connectivity index (χ4n) is 4.43. The molecule has 11 nitrogen and oxygen atoms in total. The van der Waals surface area contributed by atoms with Gasteiger partial charge in [-0.3, -0.25) is 18.7 Å². The predicted molar refractivity (Wildman–Crippen MR) is 141 cm³/mol. The zero-order valence-electron chi connectivity index (χ0n) is 21.4. The second kappa shape index (κ2) is 11.1. The molecule has 0 unspecified atom stereocenters. The highest BCUT2D eigenvalue weighted by Crippen LogP contribution is 2.70. The number of ether oxygens (including phenoxy) is 2. The molecule has 0 aliphatic rings. The van der Waals surface area contributed by atoms with Crippen LogP contribution in [0.3, 0.4) is 0 Å². The topological polar surface area (TPSA) is 173 Å². The summed E-state index contributed by atoms with van der Waals surface area (Å²) in [4.78, 5) is 59.3. The third kappa shape index (κ3) is 6.10. The van der Waals surface area contributed by atoms with Crippen LogP contribution in [0.5, 0.6) is 11.5 Å². The normalized spacial score (nSPS) is 12.5. The molecule has 2 aromatic carbocycles. The van der Waals surface area contributed by atoms with E-state index in [1.54, 1.807) is 36.4 Å². The number of carbonyl (C=O) groups excluding carboxylic acids is 2. The number of fused-ring (bicyclic) bond motifs is 1. The largest absolute Gasteiger partial charge is 0.427 e. The van der Waals surface area contributed by atoms with Crippen LogP contribution in [0.4, 0.5) is 0 Å². The van der Waals surface area contributed by atoms with E-state index in [1.165, 1.54) is 13.8 Å². The van der Waals surface area contributed by atoms with Crippen LogP contribution in [-0.2, 0) is 31.7 Å². The van der Waals surface area contributed by atoms with Gasteiger partial charge in [0.25, 0.3) is 0 Å². The number of hydrogen-bond acceptors (Lipinski definition) is 6. The monoisotopic (exact) mass is 567 g/mol. The standard InChI is InChI=1S/C25H31NO10P2/c1-5-21-22-12-11-20(36-17(3)28)15-23(22)26(14-6-13-25(4,37(29,30)31)38(32,33)34)24(21)18-7-9-19(10-8-18)35-16(2)27/h7-12,15H,5-6,13-14H2,1-4H3,(H2,29,30,31)(H2,32,33,34). The van der Waals surface area contributed by atoms with Gasteiger partial charge in [-0.25, -0.2) is 0 Å². The molecule has 38 heavy (non-hydrogen) atoms. The minimum atomic E-state index is -5.16. The van der Waals surface area contributed by atoms with E-state index in [0.29, 0.717) is 23.4 Å². The molecule has 4 N–H and O–H groups in total. The van der Waals surface area contributed by atoms with Gasteiger partial charge in [-0.1, -0.05) is 6.92 Å². The number of rotatable bonds is 10. The van der Waals surface area contributed by atoms with Crippen LogP contribution in [0.2, 0.25) is 0 Å². The average molecular weight is 567 g/mol. The van der Waals surface area contributed by atoms with E-state index in [4.69, 9.17) is 9.47 Å². The van der Waals surface area contributed by atoms with Crippen molar-refractivity contribution in [3.8, 4) is 22.8 Å². The first-order valence-electron chi connectivity index (χ1n) is 11.8. The lowest BCUT2D eigenvalue weighted by Crippen LogP contribution is -2.25. The average Bonchev–Trinajstić information content (AvgIpc) is 3.10. The molecule has 3 rings (SSSR count). The number of carbonyl (C=O) groups is 2. The molecule has 0 fully saturated rings. The van der Waals surface area contributed by atoms with Gasteiger partial charge in [0, 0.05) is 31.8 Å². The van der Waals surface area contributed by atoms with Gasteiger partial charge in [0.05, 0.1) is 11.2 Å². The summed E-state index contributed by atoms with van der Waals surface area (Å²) < 4.78 is 36.4. The second-order valence-corrected chi connectivity index (χ2v) is 13.6. The lowest BCUT2D eigenvalue weighted by molar-refractivity contribution is -0.132. The maximum Gasteiger partial charge on any atom is 0.343 e. The fourth-order valence-corrected chi connectivity index (χ4v) is 6.69. The van der Waals surface area contributed by atoms with Gasteiger partial charge >= 0.3 is 27.1 Å². The number of nitrogens with zero attached hydrogens (tertiary/aromatic N) is 1. The van der Waals surface area contributed by atoms with Crippen LogP contribution in [0.25, 0.3) is 22.2 Å². The Morgan fingerprint density at radius 3 is 1.92 bits per heavy atom. The Hall–Kier alpha value is -2.78. The van der Waals surface area contributed by atoms with Crippen LogP contribution >= 0.6 is 15.2 Å². The number of aryl methyl sites for hydroxylation is 2. The Labute approximate surface area is 219 Å². The maximum absolute atomic E-state index is 12.1. The van der Waals surface area contributed by atoms with Crippen LogP contribution in [0, 0.1) is 0 Å². The molecule has 0 radical (unpaired) electrons. The number of esters is 2. The minimum absolute atomic E-state index is 0.0238. The molecular formula is C25H31NO10P2. The van der Waals surface area contributed by atoms with Gasteiger partial charge in [0.15, 0.2) is 4.90 Å². The van der Waals surface area contributed by atoms with Crippen LogP contribution in [-0.4, -0.2) is 41.0 Å². The summed E-state index contributed by atoms with van der Waals surface area (Å²) in [5.41, 5.74) is 3.15. The van der Waals surface area contributed by atoms with Gasteiger partial charge in [0.2, 0.25) is 0 Å². The Morgan fingerprint density at radius 2 is 1.42 bits per heavy atom. The highest BCUT2D eigenvalue weighted by Gasteiger charge is 2.55. The van der Waals surface area contributed by atoms with Gasteiger partial charge in [-0.15, -0.1) is 0 Å². The lowest BCUT2D eigenvalue weighted by Gasteiger charge is -2.31. The van der Waals surface area contributed by atoms with E-state index < -0.39 is 38.4 Å². The van der Waals surface area contributed by atoms with Crippen molar-refractivity contribution in [3.05, 3.63) is 48.0 Å². The zero-order valence-corrected chi connectivity index (χ0v) is 23.2. The van der Waals surface area contributed by atoms with Crippen molar-refractivity contribution in [3.63, 3.8) is 0 Å². The van der Waals surface area contributed by atoms with E-state index in [2.05, 4.69) is 0 Å². The highest BCUT2D eigenvalue weighted by molar-refractivity contribution is 7.72. The minimum Gasteiger partial charge on any atom is -0.427 e. The number of hydrogen-bond donors (Lipinski definition) is 4. The summed E-state index contributed by atoms with van der Waals surface area (Å²) in [6, 6.07) is 12.0. The highest BCUT2D eigenvalue weighted by atomic mass is 31.2. The summed E-state index contributed by atoms with van der Waals surface area (Å²) in [6.45, 7) is 5.59. The third-order valence-electron chi connectivity index (χ3n) is 6.43. The quantitative estimate of drug-likeness (QED) is 0.154. The van der Waals surface area contributed by atoms with Crippen molar-refractivity contribution in [2.24, 2.45) is 0 Å². The van der Waals surface area contributed by atoms with Crippen molar-refractivity contribution in [2.45, 2.75) is 58.4 Å². The van der Waals surface area contributed by atoms with E-state index in [9.17, 15) is 38.3 Å². The van der Waals surface area contributed by atoms with Crippen molar-refractivity contribution < 1.29 is 47.8 Å². The van der Waals surface area contributed by atoms with Crippen LogP contribution in [0.15, 0.2) is 42.5 Å². The molecule has 0 bridgehead atoms. The van der Waals surface area contributed by atoms with Crippen LogP contribution < -0.4 is 9.47 Å². The summed E-state index contributed by atoms with van der Waals surface area (Å²) in [5.74, 6) is -0.299. The third-order valence-corrected chi connectivity index (χ3v) is 11.0. The summed E-state index contributed by atoms with van der Waals surface area (Å²) in [7, 11) is -10.3. The molecule has 13 heteroatoms. The van der Waals surface area contributed by atoms with Crippen molar-refractivity contribution >= 4 is 38.0 Å². The summed E-state index contributed by atoms with van der Waals surface area (Å²) in [5, 5.41) is 0.857. The predicted octanol–water partition coefficient (Wildman–Crippen LogP) is 4.57. The summed E-state index contributed by atoms with van der Waals surface area (Å²) >= 11 is 0. The van der Waals surface area contributed by atoms with Gasteiger partial charge in [0.1, 0.15) is 11.5 Å². The molecule has 0 atom stereocenters. The molecule has 206 valence electrons. The van der Waals surface area contributed by atoms with E-state index in [1.807, 2.05) is 17.6 Å². The first-order valence-corrected chi connectivity index (χ1v) is 15.0.